The van der Waals surface area contributed by atoms with Crippen molar-refractivity contribution >= 4 is 42.4 Å². The number of hydrogen-bond acceptors (Lipinski definition) is 5. The third kappa shape index (κ3) is 7.09. The van der Waals surface area contributed by atoms with Gasteiger partial charge in [-0.25, -0.2) is 4.98 Å². The van der Waals surface area contributed by atoms with Gasteiger partial charge in [-0.15, -0.1) is 24.8 Å². The first-order chi connectivity index (χ1) is 14.0. The second-order valence-corrected chi connectivity index (χ2v) is 7.45. The molecule has 9 heteroatoms. The Hall–Kier alpha value is -2.35. The predicted molar refractivity (Wildman–Crippen MR) is 128 cm³/mol. The Kier molecular flexibility index (Phi) is 10.8. The molecule has 7 nitrogen and oxygen atoms in total. The Labute approximate surface area is 195 Å². The topological polar surface area (TPSA) is 109 Å². The molecule has 0 bridgehead atoms. The van der Waals surface area contributed by atoms with E-state index in [9.17, 15) is 9.59 Å². The van der Waals surface area contributed by atoms with Crippen molar-refractivity contribution in [1.82, 2.24) is 20.9 Å². The SMILES string of the molecule is CCc1nc(N)ccc1CNC(=O)C(C)NC(=O)C1CC(c2ccccc2)CN1.Cl.Cl. The van der Waals surface area contributed by atoms with E-state index < -0.39 is 6.04 Å². The number of nitrogens with zero attached hydrogens (tertiary/aromatic N) is 1. The molecule has 3 rings (SSSR count). The maximum absolute atomic E-state index is 12.6. The Morgan fingerprint density at radius 1 is 1.19 bits per heavy atom. The fourth-order valence-electron chi connectivity index (χ4n) is 3.64. The molecule has 1 fully saturated rings. The van der Waals surface area contributed by atoms with Crippen LogP contribution >= 0.6 is 24.8 Å². The maximum atomic E-state index is 12.6. The third-order valence-electron chi connectivity index (χ3n) is 5.35. The van der Waals surface area contributed by atoms with Gasteiger partial charge < -0.3 is 21.7 Å². The van der Waals surface area contributed by atoms with Crippen LogP contribution in [0.5, 0.6) is 0 Å². The van der Waals surface area contributed by atoms with E-state index in [1.807, 2.05) is 31.2 Å². The minimum Gasteiger partial charge on any atom is -0.384 e. The van der Waals surface area contributed by atoms with E-state index >= 15 is 0 Å². The number of aryl methyl sites for hydroxylation is 1. The largest absolute Gasteiger partial charge is 0.384 e. The lowest BCUT2D eigenvalue weighted by atomic mass is 9.96. The Morgan fingerprint density at radius 2 is 1.90 bits per heavy atom. The molecule has 5 N–H and O–H groups in total. The van der Waals surface area contributed by atoms with Crippen LogP contribution in [0.3, 0.4) is 0 Å². The van der Waals surface area contributed by atoms with Crippen LogP contribution in [-0.2, 0) is 22.6 Å². The fourth-order valence-corrected chi connectivity index (χ4v) is 3.64. The zero-order chi connectivity index (χ0) is 20.8. The fraction of sp³-hybridized carbons (Fsp3) is 0.409. The molecule has 1 aromatic carbocycles. The molecule has 3 unspecified atom stereocenters. The van der Waals surface area contributed by atoms with Gasteiger partial charge in [-0.05, 0) is 42.9 Å². The van der Waals surface area contributed by atoms with E-state index in [1.54, 1.807) is 13.0 Å². The number of amides is 2. The minimum absolute atomic E-state index is 0. The molecule has 1 aliphatic rings. The van der Waals surface area contributed by atoms with E-state index in [1.165, 1.54) is 5.56 Å². The van der Waals surface area contributed by atoms with Gasteiger partial charge in [0.2, 0.25) is 11.8 Å². The smallest absolute Gasteiger partial charge is 0.242 e. The van der Waals surface area contributed by atoms with Crippen molar-refractivity contribution in [2.24, 2.45) is 0 Å². The Balaban J connectivity index is 0.00000240. The van der Waals surface area contributed by atoms with E-state index in [4.69, 9.17) is 5.73 Å². The van der Waals surface area contributed by atoms with Crippen molar-refractivity contribution in [3.8, 4) is 0 Å². The number of pyridine rings is 1. The normalized spacial score (nSPS) is 18.3. The monoisotopic (exact) mass is 467 g/mol. The zero-order valence-electron chi connectivity index (χ0n) is 17.8. The average Bonchev–Trinajstić information content (AvgIpc) is 3.23. The van der Waals surface area contributed by atoms with E-state index in [0.29, 0.717) is 18.3 Å². The molecule has 2 aromatic rings. The van der Waals surface area contributed by atoms with Crippen LogP contribution in [0.15, 0.2) is 42.5 Å². The molecular formula is C22H31Cl2N5O2. The molecule has 2 heterocycles. The summed E-state index contributed by atoms with van der Waals surface area (Å²) in [7, 11) is 0. The number of benzene rings is 1. The lowest BCUT2D eigenvalue weighted by Crippen LogP contribution is -2.50. The molecule has 1 aliphatic heterocycles. The van der Waals surface area contributed by atoms with Gasteiger partial charge in [0.25, 0.3) is 0 Å². The van der Waals surface area contributed by atoms with Crippen molar-refractivity contribution in [3.05, 3.63) is 59.3 Å². The summed E-state index contributed by atoms with van der Waals surface area (Å²) in [6.45, 7) is 4.80. The van der Waals surface area contributed by atoms with Crippen LogP contribution in [0.4, 0.5) is 5.82 Å². The number of nitrogens with one attached hydrogen (secondary N) is 3. The summed E-state index contributed by atoms with van der Waals surface area (Å²) in [6.07, 6.45) is 1.46. The summed E-state index contributed by atoms with van der Waals surface area (Å²) in [5.41, 5.74) is 8.74. The number of nitrogen functional groups attached to an aromatic ring is 1. The molecule has 1 aromatic heterocycles. The van der Waals surface area contributed by atoms with Crippen LogP contribution in [-0.4, -0.2) is 35.4 Å². The van der Waals surface area contributed by atoms with Gasteiger partial charge in [-0.3, -0.25) is 9.59 Å². The number of anilines is 1. The average molecular weight is 468 g/mol. The first-order valence-corrected chi connectivity index (χ1v) is 10.1. The molecule has 0 aliphatic carbocycles. The molecule has 2 amide bonds. The molecular weight excluding hydrogens is 437 g/mol. The summed E-state index contributed by atoms with van der Waals surface area (Å²) < 4.78 is 0. The predicted octanol–water partition coefficient (Wildman–Crippen LogP) is 2.34. The first-order valence-electron chi connectivity index (χ1n) is 10.1. The van der Waals surface area contributed by atoms with Gasteiger partial charge in [0.1, 0.15) is 11.9 Å². The summed E-state index contributed by atoms with van der Waals surface area (Å²) in [6, 6.07) is 12.9. The highest BCUT2D eigenvalue weighted by molar-refractivity contribution is 5.89. The van der Waals surface area contributed by atoms with Crippen LogP contribution in [0.1, 0.15) is 43.0 Å². The van der Waals surface area contributed by atoms with Gasteiger partial charge >= 0.3 is 0 Å². The van der Waals surface area contributed by atoms with Crippen LogP contribution in [0.25, 0.3) is 0 Å². The second kappa shape index (κ2) is 12.5. The number of halogens is 2. The number of carbonyl (C=O) groups excluding carboxylic acids is 2. The standard InChI is InChI=1S/C22H29N5O2.2ClH/c1-3-18-16(9-10-20(23)27-18)12-25-21(28)14(2)26-22(29)19-11-17(13-24-19)15-7-5-4-6-8-15;;/h4-10,14,17,19,24H,3,11-13H2,1-2H3,(H2,23,27)(H,25,28)(H,26,29);2*1H. The van der Waals surface area contributed by atoms with Crippen LogP contribution in [0.2, 0.25) is 0 Å². The number of hydrogen-bond donors (Lipinski definition) is 4. The van der Waals surface area contributed by atoms with Crippen molar-refractivity contribution in [2.75, 3.05) is 12.3 Å². The highest BCUT2D eigenvalue weighted by atomic mass is 35.5. The quantitative estimate of drug-likeness (QED) is 0.499. The van der Waals surface area contributed by atoms with Gasteiger partial charge in [-0.2, -0.15) is 0 Å². The highest BCUT2D eigenvalue weighted by Gasteiger charge is 2.31. The molecule has 0 radical (unpaired) electrons. The highest BCUT2D eigenvalue weighted by Crippen LogP contribution is 2.25. The molecule has 170 valence electrons. The Morgan fingerprint density at radius 3 is 2.58 bits per heavy atom. The van der Waals surface area contributed by atoms with Crippen molar-refractivity contribution in [2.45, 2.75) is 51.2 Å². The maximum Gasteiger partial charge on any atom is 0.242 e. The summed E-state index contributed by atoms with van der Waals surface area (Å²) in [5.74, 6) is 0.404. The lowest BCUT2D eigenvalue weighted by molar-refractivity contribution is -0.129. The van der Waals surface area contributed by atoms with Gasteiger partial charge in [-0.1, -0.05) is 43.3 Å². The second-order valence-electron chi connectivity index (χ2n) is 7.45. The van der Waals surface area contributed by atoms with E-state index in [0.717, 1.165) is 30.6 Å². The number of aromatic nitrogens is 1. The van der Waals surface area contributed by atoms with Crippen molar-refractivity contribution < 1.29 is 9.59 Å². The summed E-state index contributed by atoms with van der Waals surface area (Å²) >= 11 is 0. The molecule has 0 spiro atoms. The summed E-state index contributed by atoms with van der Waals surface area (Å²) in [4.78, 5) is 29.3. The van der Waals surface area contributed by atoms with Crippen molar-refractivity contribution in [1.29, 1.82) is 0 Å². The van der Waals surface area contributed by atoms with Crippen LogP contribution in [0, 0.1) is 0 Å². The molecule has 1 saturated heterocycles. The third-order valence-corrected chi connectivity index (χ3v) is 5.35. The van der Waals surface area contributed by atoms with Gasteiger partial charge in [0.05, 0.1) is 6.04 Å². The Bertz CT molecular complexity index is 866. The first kappa shape index (κ1) is 26.7. The minimum atomic E-state index is -0.619. The lowest BCUT2D eigenvalue weighted by Gasteiger charge is -2.18. The van der Waals surface area contributed by atoms with Crippen molar-refractivity contribution in [3.63, 3.8) is 0 Å². The molecule has 31 heavy (non-hydrogen) atoms. The molecule has 3 atom stereocenters. The summed E-state index contributed by atoms with van der Waals surface area (Å²) in [5, 5.41) is 8.95. The van der Waals surface area contributed by atoms with E-state index in [-0.39, 0.29) is 42.7 Å². The van der Waals surface area contributed by atoms with E-state index in [2.05, 4.69) is 33.1 Å². The molecule has 0 saturated carbocycles. The number of rotatable bonds is 7. The van der Waals surface area contributed by atoms with Gasteiger partial charge in [0.15, 0.2) is 0 Å². The van der Waals surface area contributed by atoms with Crippen LogP contribution < -0.4 is 21.7 Å². The zero-order valence-corrected chi connectivity index (χ0v) is 19.4. The number of nitrogens with two attached hydrogens (primary N) is 1. The number of carbonyl (C=O) groups is 2. The van der Waals surface area contributed by atoms with Gasteiger partial charge in [0, 0.05) is 18.8 Å².